The molecule has 0 saturated heterocycles. The fourth-order valence-electron chi connectivity index (χ4n) is 3.73. The summed E-state index contributed by atoms with van der Waals surface area (Å²) in [5, 5.41) is 8.18. The van der Waals surface area contributed by atoms with Crippen molar-refractivity contribution in [3.63, 3.8) is 0 Å². The molecule has 2 atom stereocenters. The van der Waals surface area contributed by atoms with Gasteiger partial charge in [-0.05, 0) is 36.4 Å². The minimum absolute atomic E-state index is 0.0424. The van der Waals surface area contributed by atoms with Crippen LogP contribution in [0.5, 0.6) is 23.0 Å². The van der Waals surface area contributed by atoms with Crippen LogP contribution < -0.4 is 29.8 Å². The second-order valence-electron chi connectivity index (χ2n) is 8.42. The van der Waals surface area contributed by atoms with Crippen molar-refractivity contribution in [1.82, 2.24) is 10.9 Å². The Hall–Kier alpha value is -4.08. The quantitative estimate of drug-likeness (QED) is 0.634. The zero-order valence-corrected chi connectivity index (χ0v) is 21.4. The van der Waals surface area contributed by atoms with Gasteiger partial charge < -0.3 is 18.9 Å². The predicted octanol–water partition coefficient (Wildman–Crippen LogP) is 3.13. The summed E-state index contributed by atoms with van der Waals surface area (Å²) in [6.45, 7) is 3.75. The van der Waals surface area contributed by atoms with E-state index in [1.165, 1.54) is 0 Å². The third kappa shape index (κ3) is 6.12. The first-order chi connectivity index (χ1) is 17.3. The number of nitrogens with zero attached hydrogens (tertiary/aromatic N) is 2. The summed E-state index contributed by atoms with van der Waals surface area (Å²) in [5.41, 5.74) is 8.48. The maximum absolute atomic E-state index is 11.4. The Morgan fingerprint density at radius 3 is 1.81 bits per heavy atom. The summed E-state index contributed by atoms with van der Waals surface area (Å²) in [6, 6.07) is 11.1. The molecule has 2 amide bonds. The number of hydrogen-bond acceptors (Lipinski definition) is 8. The Balaban J connectivity index is 0.000000201. The Kier molecular flexibility index (Phi) is 8.88. The zero-order valence-electron chi connectivity index (χ0n) is 21.4. The molecule has 10 nitrogen and oxygen atoms in total. The third-order valence-corrected chi connectivity index (χ3v) is 5.93. The van der Waals surface area contributed by atoms with Crippen molar-refractivity contribution < 1.29 is 28.5 Å². The minimum atomic E-state index is -0.0894. The zero-order chi connectivity index (χ0) is 26.2. The van der Waals surface area contributed by atoms with Gasteiger partial charge in [-0.1, -0.05) is 13.8 Å². The molecule has 36 heavy (non-hydrogen) atoms. The van der Waals surface area contributed by atoms with E-state index < -0.39 is 0 Å². The first-order valence-electron chi connectivity index (χ1n) is 11.5. The van der Waals surface area contributed by atoms with Crippen molar-refractivity contribution in [2.24, 2.45) is 22.0 Å². The molecule has 4 rings (SSSR count). The van der Waals surface area contributed by atoms with Crippen LogP contribution in [0.1, 0.15) is 37.8 Å². The van der Waals surface area contributed by atoms with Crippen LogP contribution in [-0.4, -0.2) is 51.7 Å². The van der Waals surface area contributed by atoms with E-state index in [4.69, 9.17) is 18.9 Å². The van der Waals surface area contributed by atoms with E-state index in [0.717, 1.165) is 34.0 Å². The second-order valence-corrected chi connectivity index (χ2v) is 8.42. The highest BCUT2D eigenvalue weighted by Gasteiger charge is 2.24. The van der Waals surface area contributed by atoms with E-state index in [2.05, 4.69) is 21.1 Å². The molecule has 0 saturated carbocycles. The van der Waals surface area contributed by atoms with Crippen molar-refractivity contribution in [3.05, 3.63) is 47.5 Å². The number of methoxy groups -OCH3 is 4. The summed E-state index contributed by atoms with van der Waals surface area (Å²) in [4.78, 5) is 22.7. The van der Waals surface area contributed by atoms with Crippen molar-refractivity contribution >= 4 is 23.2 Å². The van der Waals surface area contributed by atoms with Crippen LogP contribution in [0.15, 0.2) is 46.6 Å². The highest BCUT2D eigenvalue weighted by molar-refractivity contribution is 6.07. The number of amides is 2. The number of nitrogens with one attached hydrogen (secondary N) is 2. The molecule has 2 N–H and O–H groups in total. The Morgan fingerprint density at radius 1 is 0.694 bits per heavy atom. The summed E-state index contributed by atoms with van der Waals surface area (Å²) in [5.74, 6) is 2.53. The number of rotatable bonds is 6. The van der Waals surface area contributed by atoms with Gasteiger partial charge in [-0.25, -0.2) is 10.9 Å². The Bertz CT molecular complexity index is 1180. The standard InChI is InChI=1S/2C13H16N2O3/c1-8-6-11(14-15-13(8)16)10-7-9(17-2)4-5-12(10)18-3;1-8-6-10(14-15-13(8)16)9-4-5-11(17-2)12(7-9)18-3/h2*4-5,7-8H,6H2,1-3H3,(H,15,16). The van der Waals surface area contributed by atoms with Crippen LogP contribution in [0.25, 0.3) is 0 Å². The van der Waals surface area contributed by atoms with E-state index in [1.54, 1.807) is 28.4 Å². The van der Waals surface area contributed by atoms with E-state index >= 15 is 0 Å². The highest BCUT2D eigenvalue weighted by Crippen LogP contribution is 2.29. The SMILES string of the molecule is COc1ccc(C2=NNC(=O)C(C)C2)cc1OC.COc1ccc(OC)c(C2=NNC(=O)C(C)C2)c1. The molecule has 2 heterocycles. The lowest BCUT2D eigenvalue weighted by molar-refractivity contribution is -0.125. The van der Waals surface area contributed by atoms with Crippen molar-refractivity contribution in [2.45, 2.75) is 26.7 Å². The van der Waals surface area contributed by atoms with Crippen molar-refractivity contribution in [3.8, 4) is 23.0 Å². The molecule has 2 aromatic rings. The normalized spacial score (nSPS) is 18.9. The van der Waals surface area contributed by atoms with Gasteiger partial charge in [-0.2, -0.15) is 10.2 Å². The van der Waals surface area contributed by atoms with Crippen molar-refractivity contribution in [1.29, 1.82) is 0 Å². The molecule has 0 aromatic heterocycles. The van der Waals surface area contributed by atoms with Crippen molar-refractivity contribution in [2.75, 3.05) is 28.4 Å². The molecular formula is C26H32N4O6. The molecule has 0 bridgehead atoms. The highest BCUT2D eigenvalue weighted by atomic mass is 16.5. The first-order valence-corrected chi connectivity index (χ1v) is 11.5. The first kappa shape index (κ1) is 26.5. The lowest BCUT2D eigenvalue weighted by Gasteiger charge is -2.19. The van der Waals surface area contributed by atoms with E-state index in [9.17, 15) is 9.59 Å². The van der Waals surface area contributed by atoms with E-state index in [1.807, 2.05) is 50.2 Å². The molecule has 0 spiro atoms. The maximum Gasteiger partial charge on any atom is 0.243 e. The number of hydrazone groups is 2. The molecule has 2 aliphatic heterocycles. The topological polar surface area (TPSA) is 120 Å². The van der Waals surface area contributed by atoms with Gasteiger partial charge in [-0.3, -0.25) is 9.59 Å². The molecule has 192 valence electrons. The molecular weight excluding hydrogens is 464 g/mol. The lowest BCUT2D eigenvalue weighted by atomic mass is 9.96. The summed E-state index contributed by atoms with van der Waals surface area (Å²) < 4.78 is 20.9. The smallest absolute Gasteiger partial charge is 0.243 e. The van der Waals surface area contributed by atoms with Gasteiger partial charge in [0, 0.05) is 35.8 Å². The van der Waals surface area contributed by atoms with Crippen LogP contribution >= 0.6 is 0 Å². The fourth-order valence-corrected chi connectivity index (χ4v) is 3.73. The third-order valence-electron chi connectivity index (χ3n) is 5.93. The molecule has 2 unspecified atom stereocenters. The van der Waals surface area contributed by atoms with Gasteiger partial charge in [0.05, 0.1) is 39.9 Å². The number of carbonyl (C=O) groups excluding carboxylic acids is 2. The second kappa shape index (κ2) is 12.1. The number of hydrogen-bond donors (Lipinski definition) is 2. The van der Waals surface area contributed by atoms with Gasteiger partial charge in [0.2, 0.25) is 11.8 Å². The number of benzene rings is 2. The number of ether oxygens (including phenoxy) is 4. The summed E-state index contributed by atoms with van der Waals surface area (Å²) in [7, 11) is 6.40. The monoisotopic (exact) mass is 496 g/mol. The summed E-state index contributed by atoms with van der Waals surface area (Å²) in [6.07, 6.45) is 1.22. The van der Waals surface area contributed by atoms with Gasteiger partial charge in [0.15, 0.2) is 11.5 Å². The van der Waals surface area contributed by atoms with E-state index in [0.29, 0.717) is 24.3 Å². The minimum Gasteiger partial charge on any atom is -0.497 e. The van der Waals surface area contributed by atoms with Gasteiger partial charge in [-0.15, -0.1) is 0 Å². The fraction of sp³-hybridized carbons (Fsp3) is 0.385. The van der Waals surface area contributed by atoms with Gasteiger partial charge in [0.25, 0.3) is 0 Å². The largest absolute Gasteiger partial charge is 0.497 e. The van der Waals surface area contributed by atoms with Crippen LogP contribution in [0.4, 0.5) is 0 Å². The number of carbonyl (C=O) groups is 2. The van der Waals surface area contributed by atoms with Gasteiger partial charge >= 0.3 is 0 Å². The molecule has 0 fully saturated rings. The Morgan fingerprint density at radius 2 is 1.25 bits per heavy atom. The van der Waals surface area contributed by atoms with Crippen LogP contribution in [0.2, 0.25) is 0 Å². The Labute approximate surface area is 210 Å². The van der Waals surface area contributed by atoms with Gasteiger partial charge in [0.1, 0.15) is 11.5 Å². The average Bonchev–Trinajstić information content (AvgIpc) is 2.91. The van der Waals surface area contributed by atoms with E-state index in [-0.39, 0.29) is 23.7 Å². The van der Waals surface area contributed by atoms with Crippen LogP contribution in [-0.2, 0) is 9.59 Å². The molecule has 10 heteroatoms. The van der Waals surface area contributed by atoms with Crippen LogP contribution in [0.3, 0.4) is 0 Å². The predicted molar refractivity (Wildman–Crippen MR) is 136 cm³/mol. The maximum atomic E-state index is 11.4. The molecule has 2 aromatic carbocycles. The average molecular weight is 497 g/mol. The molecule has 0 radical (unpaired) electrons. The molecule has 0 aliphatic carbocycles. The van der Waals surface area contributed by atoms with Crippen LogP contribution in [0, 0.1) is 11.8 Å². The summed E-state index contributed by atoms with van der Waals surface area (Å²) >= 11 is 0. The molecule has 2 aliphatic rings. The lowest BCUT2D eigenvalue weighted by Crippen LogP contribution is -2.33.